The van der Waals surface area contributed by atoms with Crippen molar-refractivity contribution in [2.75, 3.05) is 0 Å². The van der Waals surface area contributed by atoms with Crippen LogP contribution < -0.4 is 5.32 Å². The summed E-state index contributed by atoms with van der Waals surface area (Å²) < 4.78 is 0. The van der Waals surface area contributed by atoms with Gasteiger partial charge in [0.2, 0.25) is 0 Å². The Morgan fingerprint density at radius 1 is 1.20 bits per heavy atom. The number of allylic oxidation sites excluding steroid dienone is 1. The number of hydrogen-bond donors (Lipinski definition) is 2. The lowest BCUT2D eigenvalue weighted by atomic mass is 10.1. The number of carbonyl (C=O) groups is 1. The maximum Gasteiger partial charge on any atom is 0.251 e. The topological polar surface area (TPSA) is 49.3 Å². The predicted molar refractivity (Wildman–Crippen MR) is 79.6 cm³/mol. The molecule has 2 aromatic carbocycles. The third-order valence-corrected chi connectivity index (χ3v) is 3.00. The minimum Gasteiger partial charge on any atom is -0.508 e. The molecule has 0 aliphatic carbocycles. The summed E-state index contributed by atoms with van der Waals surface area (Å²) in [7, 11) is 0. The first-order valence-electron chi connectivity index (χ1n) is 6.45. The third kappa shape index (κ3) is 3.48. The van der Waals surface area contributed by atoms with E-state index in [4.69, 9.17) is 0 Å². The van der Waals surface area contributed by atoms with Crippen molar-refractivity contribution in [3.05, 3.63) is 77.9 Å². The van der Waals surface area contributed by atoms with E-state index in [0.717, 1.165) is 5.56 Å². The van der Waals surface area contributed by atoms with Gasteiger partial charge in [0.25, 0.3) is 5.91 Å². The van der Waals surface area contributed by atoms with Crippen molar-refractivity contribution in [3.63, 3.8) is 0 Å². The van der Waals surface area contributed by atoms with Crippen LogP contribution in [0.2, 0.25) is 0 Å². The van der Waals surface area contributed by atoms with Crippen LogP contribution in [0.3, 0.4) is 0 Å². The molecule has 0 spiro atoms. The van der Waals surface area contributed by atoms with Crippen molar-refractivity contribution in [3.8, 4) is 5.75 Å². The fourth-order valence-electron chi connectivity index (χ4n) is 1.93. The molecule has 1 amide bonds. The zero-order valence-corrected chi connectivity index (χ0v) is 11.2. The van der Waals surface area contributed by atoms with E-state index in [1.165, 1.54) is 6.07 Å². The second-order valence-corrected chi connectivity index (χ2v) is 4.50. The molecule has 0 aromatic heterocycles. The van der Waals surface area contributed by atoms with Crippen LogP contribution in [0.25, 0.3) is 0 Å². The molecule has 2 N–H and O–H groups in total. The number of benzene rings is 2. The summed E-state index contributed by atoms with van der Waals surface area (Å²) >= 11 is 0. The second kappa shape index (κ2) is 6.57. The van der Waals surface area contributed by atoms with Gasteiger partial charge in [-0.1, -0.05) is 36.4 Å². The lowest BCUT2D eigenvalue weighted by Crippen LogP contribution is -2.22. The van der Waals surface area contributed by atoms with Crippen molar-refractivity contribution in [2.45, 2.75) is 13.0 Å². The van der Waals surface area contributed by atoms with Gasteiger partial charge in [-0.2, -0.15) is 0 Å². The molecule has 0 unspecified atom stereocenters. The molecule has 0 atom stereocenters. The van der Waals surface area contributed by atoms with Gasteiger partial charge >= 0.3 is 0 Å². The highest BCUT2D eigenvalue weighted by Crippen LogP contribution is 2.19. The minimum absolute atomic E-state index is 0.154. The molecule has 0 bridgehead atoms. The lowest BCUT2D eigenvalue weighted by molar-refractivity contribution is 0.0951. The molecule has 0 heterocycles. The molecule has 0 aliphatic rings. The summed E-state index contributed by atoms with van der Waals surface area (Å²) in [5.41, 5.74) is 2.29. The number of phenols is 1. The van der Waals surface area contributed by atoms with E-state index >= 15 is 0 Å². The van der Waals surface area contributed by atoms with E-state index < -0.39 is 0 Å². The van der Waals surface area contributed by atoms with Gasteiger partial charge < -0.3 is 10.4 Å². The Bertz CT molecular complexity index is 606. The van der Waals surface area contributed by atoms with Crippen molar-refractivity contribution >= 4 is 5.91 Å². The summed E-state index contributed by atoms with van der Waals surface area (Å²) in [4.78, 5) is 12.1. The fraction of sp³-hybridized carbons (Fsp3) is 0.118. The number of aromatic hydroxyl groups is 1. The van der Waals surface area contributed by atoms with Gasteiger partial charge in [-0.05, 0) is 35.7 Å². The summed E-state index contributed by atoms with van der Waals surface area (Å²) in [5, 5.41) is 12.5. The monoisotopic (exact) mass is 267 g/mol. The van der Waals surface area contributed by atoms with Gasteiger partial charge in [0.1, 0.15) is 5.75 Å². The van der Waals surface area contributed by atoms with E-state index in [2.05, 4.69) is 11.9 Å². The third-order valence-electron chi connectivity index (χ3n) is 3.00. The van der Waals surface area contributed by atoms with Crippen LogP contribution in [-0.4, -0.2) is 11.0 Å². The van der Waals surface area contributed by atoms with Crippen LogP contribution in [0.4, 0.5) is 0 Å². The first kappa shape index (κ1) is 13.9. The molecule has 102 valence electrons. The Labute approximate surface area is 118 Å². The number of rotatable bonds is 5. The molecule has 0 saturated carbocycles. The maximum absolute atomic E-state index is 12.1. The van der Waals surface area contributed by atoms with Crippen molar-refractivity contribution in [1.82, 2.24) is 5.32 Å². The highest BCUT2D eigenvalue weighted by atomic mass is 16.3. The summed E-state index contributed by atoms with van der Waals surface area (Å²) in [6, 6.07) is 14.6. The Morgan fingerprint density at radius 3 is 2.65 bits per heavy atom. The van der Waals surface area contributed by atoms with E-state index in [-0.39, 0.29) is 11.7 Å². The number of amides is 1. The molecule has 0 saturated heterocycles. The van der Waals surface area contributed by atoms with Gasteiger partial charge in [-0.25, -0.2) is 0 Å². The highest BCUT2D eigenvalue weighted by molar-refractivity contribution is 5.94. The average Bonchev–Trinajstić information content (AvgIpc) is 2.48. The minimum atomic E-state index is -0.154. The number of hydrogen-bond acceptors (Lipinski definition) is 2. The molecular formula is C17H17NO2. The Hall–Kier alpha value is -2.55. The SMILES string of the molecule is C=CCc1cc(C(=O)NCc2ccccc2)ccc1O. The van der Waals surface area contributed by atoms with E-state index in [1.54, 1.807) is 18.2 Å². The summed E-state index contributed by atoms with van der Waals surface area (Å²) in [5.74, 6) is 0.0312. The molecule has 0 fully saturated rings. The maximum atomic E-state index is 12.1. The predicted octanol–water partition coefficient (Wildman–Crippen LogP) is 3.05. The molecule has 0 radical (unpaired) electrons. The van der Waals surface area contributed by atoms with Gasteiger partial charge in [-0.3, -0.25) is 4.79 Å². The number of carbonyl (C=O) groups excluding carboxylic acids is 1. The first-order valence-corrected chi connectivity index (χ1v) is 6.45. The Kier molecular flexibility index (Phi) is 4.56. The Morgan fingerprint density at radius 2 is 1.95 bits per heavy atom. The van der Waals surface area contributed by atoms with E-state index in [1.807, 2.05) is 30.3 Å². The lowest BCUT2D eigenvalue weighted by Gasteiger charge is -2.08. The van der Waals surface area contributed by atoms with Crippen molar-refractivity contribution in [1.29, 1.82) is 0 Å². The quantitative estimate of drug-likeness (QED) is 0.818. The zero-order chi connectivity index (χ0) is 14.4. The molecule has 2 aromatic rings. The zero-order valence-electron chi connectivity index (χ0n) is 11.2. The number of phenolic OH excluding ortho intramolecular Hbond substituents is 1. The summed E-state index contributed by atoms with van der Waals surface area (Å²) in [6.45, 7) is 4.12. The largest absolute Gasteiger partial charge is 0.508 e. The van der Waals surface area contributed by atoms with Crippen LogP contribution >= 0.6 is 0 Å². The molecule has 3 nitrogen and oxygen atoms in total. The summed E-state index contributed by atoms with van der Waals surface area (Å²) in [6.07, 6.45) is 2.23. The second-order valence-electron chi connectivity index (χ2n) is 4.50. The van der Waals surface area contributed by atoms with Crippen LogP contribution in [0.5, 0.6) is 5.75 Å². The van der Waals surface area contributed by atoms with Crippen LogP contribution in [0, 0.1) is 0 Å². The van der Waals surface area contributed by atoms with E-state index in [9.17, 15) is 9.90 Å². The molecule has 2 rings (SSSR count). The Balaban J connectivity index is 2.05. The van der Waals surface area contributed by atoms with Crippen molar-refractivity contribution < 1.29 is 9.90 Å². The smallest absolute Gasteiger partial charge is 0.251 e. The molecule has 0 aliphatic heterocycles. The van der Waals surface area contributed by atoms with Gasteiger partial charge in [0.05, 0.1) is 0 Å². The first-order chi connectivity index (χ1) is 9.70. The van der Waals surface area contributed by atoms with Crippen LogP contribution in [0.15, 0.2) is 61.2 Å². The normalized spacial score (nSPS) is 10.0. The van der Waals surface area contributed by atoms with E-state index in [0.29, 0.717) is 24.1 Å². The molecule has 3 heteroatoms. The fourth-order valence-corrected chi connectivity index (χ4v) is 1.93. The highest BCUT2D eigenvalue weighted by Gasteiger charge is 2.08. The van der Waals surface area contributed by atoms with Crippen LogP contribution in [-0.2, 0) is 13.0 Å². The van der Waals surface area contributed by atoms with Crippen molar-refractivity contribution in [2.24, 2.45) is 0 Å². The molecular weight excluding hydrogens is 250 g/mol. The van der Waals surface area contributed by atoms with Gasteiger partial charge in [-0.15, -0.1) is 6.58 Å². The van der Waals surface area contributed by atoms with Crippen LogP contribution in [0.1, 0.15) is 21.5 Å². The molecule has 20 heavy (non-hydrogen) atoms. The average molecular weight is 267 g/mol. The van der Waals surface area contributed by atoms with Gasteiger partial charge in [0.15, 0.2) is 0 Å². The standard InChI is InChI=1S/C17H17NO2/c1-2-6-14-11-15(9-10-16(14)19)17(20)18-12-13-7-4-3-5-8-13/h2-5,7-11,19H,1,6,12H2,(H,18,20). The van der Waals surface area contributed by atoms with Gasteiger partial charge in [0, 0.05) is 12.1 Å². The number of nitrogens with one attached hydrogen (secondary N) is 1.